The SMILES string of the molecule is CCn1c(S(=O)(=O)C(C)C)nc2c1CNC2. The molecular weight excluding hydrogens is 226 g/mol. The third kappa shape index (κ3) is 1.56. The van der Waals surface area contributed by atoms with Crippen LogP contribution in [0.3, 0.4) is 0 Å². The average Bonchev–Trinajstić information content (AvgIpc) is 2.75. The molecule has 16 heavy (non-hydrogen) atoms. The molecule has 0 saturated carbocycles. The van der Waals surface area contributed by atoms with Gasteiger partial charge < -0.3 is 9.88 Å². The zero-order valence-electron chi connectivity index (χ0n) is 9.82. The molecule has 0 amide bonds. The van der Waals surface area contributed by atoms with E-state index in [1.54, 1.807) is 13.8 Å². The van der Waals surface area contributed by atoms with Crippen LogP contribution in [0.4, 0.5) is 0 Å². The minimum absolute atomic E-state index is 0.233. The standard InChI is InChI=1S/C10H17N3O2S/c1-4-13-9-6-11-5-8(9)12-10(13)16(14,15)7(2)3/h7,11H,4-6H2,1-3H3. The molecule has 0 aliphatic carbocycles. The Morgan fingerprint density at radius 3 is 2.69 bits per heavy atom. The highest BCUT2D eigenvalue weighted by Crippen LogP contribution is 2.22. The van der Waals surface area contributed by atoms with Crippen LogP contribution >= 0.6 is 0 Å². The third-order valence-corrected chi connectivity index (χ3v) is 4.96. The topological polar surface area (TPSA) is 64.0 Å². The maximum Gasteiger partial charge on any atom is 0.228 e. The summed E-state index contributed by atoms with van der Waals surface area (Å²) >= 11 is 0. The zero-order valence-corrected chi connectivity index (χ0v) is 10.6. The van der Waals surface area contributed by atoms with Crippen molar-refractivity contribution < 1.29 is 8.42 Å². The van der Waals surface area contributed by atoms with Gasteiger partial charge in [-0.1, -0.05) is 0 Å². The van der Waals surface area contributed by atoms with Crippen molar-refractivity contribution in [3.05, 3.63) is 11.4 Å². The zero-order chi connectivity index (χ0) is 11.9. The highest BCUT2D eigenvalue weighted by molar-refractivity contribution is 7.91. The van der Waals surface area contributed by atoms with E-state index in [1.807, 2.05) is 11.5 Å². The van der Waals surface area contributed by atoms with E-state index in [2.05, 4.69) is 10.3 Å². The number of rotatable bonds is 3. The molecule has 6 heteroatoms. The first-order chi connectivity index (χ1) is 7.48. The van der Waals surface area contributed by atoms with Crippen molar-refractivity contribution >= 4 is 9.84 Å². The summed E-state index contributed by atoms with van der Waals surface area (Å²) in [6.07, 6.45) is 0. The summed E-state index contributed by atoms with van der Waals surface area (Å²) in [5.41, 5.74) is 1.89. The van der Waals surface area contributed by atoms with Gasteiger partial charge >= 0.3 is 0 Å². The number of aromatic nitrogens is 2. The van der Waals surface area contributed by atoms with E-state index in [4.69, 9.17) is 0 Å². The van der Waals surface area contributed by atoms with Crippen LogP contribution in [0.15, 0.2) is 5.16 Å². The summed E-state index contributed by atoms with van der Waals surface area (Å²) in [4.78, 5) is 4.27. The van der Waals surface area contributed by atoms with Gasteiger partial charge in [-0.2, -0.15) is 0 Å². The normalized spacial score (nSPS) is 15.8. The Morgan fingerprint density at radius 2 is 2.12 bits per heavy atom. The summed E-state index contributed by atoms with van der Waals surface area (Å²) in [6.45, 7) is 7.35. The third-order valence-electron chi connectivity index (χ3n) is 2.90. The molecule has 1 aromatic heterocycles. The van der Waals surface area contributed by atoms with Crippen LogP contribution in [0.1, 0.15) is 32.2 Å². The molecule has 1 N–H and O–H groups in total. The summed E-state index contributed by atoms with van der Waals surface area (Å²) in [6, 6.07) is 0. The van der Waals surface area contributed by atoms with Gasteiger partial charge in [0, 0.05) is 19.6 Å². The van der Waals surface area contributed by atoms with Gasteiger partial charge in [0.1, 0.15) is 0 Å². The molecule has 2 rings (SSSR count). The molecule has 2 heterocycles. The minimum atomic E-state index is -3.27. The molecule has 0 spiro atoms. The maximum atomic E-state index is 12.1. The van der Waals surface area contributed by atoms with E-state index in [0.29, 0.717) is 19.6 Å². The summed E-state index contributed by atoms with van der Waals surface area (Å²) in [7, 11) is -3.27. The highest BCUT2D eigenvalue weighted by atomic mass is 32.2. The van der Waals surface area contributed by atoms with Crippen LogP contribution < -0.4 is 5.32 Å². The number of imidazole rings is 1. The molecule has 0 unspecified atom stereocenters. The second kappa shape index (κ2) is 3.85. The van der Waals surface area contributed by atoms with E-state index < -0.39 is 15.1 Å². The van der Waals surface area contributed by atoms with E-state index >= 15 is 0 Å². The Labute approximate surface area is 95.8 Å². The molecule has 0 atom stereocenters. The van der Waals surface area contributed by atoms with Crippen LogP contribution in [0, 0.1) is 0 Å². The number of nitrogens with one attached hydrogen (secondary N) is 1. The molecule has 1 aliphatic heterocycles. The number of hydrogen-bond acceptors (Lipinski definition) is 4. The van der Waals surface area contributed by atoms with Gasteiger partial charge in [-0.3, -0.25) is 0 Å². The largest absolute Gasteiger partial charge is 0.318 e. The average molecular weight is 243 g/mol. The van der Waals surface area contributed by atoms with Crippen molar-refractivity contribution in [2.75, 3.05) is 0 Å². The lowest BCUT2D eigenvalue weighted by atomic mass is 10.4. The van der Waals surface area contributed by atoms with Crippen molar-refractivity contribution in [1.82, 2.24) is 14.9 Å². The van der Waals surface area contributed by atoms with Gasteiger partial charge in [0.2, 0.25) is 15.0 Å². The van der Waals surface area contributed by atoms with Crippen LogP contribution in [-0.4, -0.2) is 23.2 Å². The van der Waals surface area contributed by atoms with E-state index in [0.717, 1.165) is 11.4 Å². The first-order valence-electron chi connectivity index (χ1n) is 5.51. The smallest absolute Gasteiger partial charge is 0.228 e. The lowest BCUT2D eigenvalue weighted by Gasteiger charge is -2.10. The van der Waals surface area contributed by atoms with E-state index in [-0.39, 0.29) is 5.16 Å². The highest BCUT2D eigenvalue weighted by Gasteiger charge is 2.30. The van der Waals surface area contributed by atoms with Crippen LogP contribution in [-0.2, 0) is 29.5 Å². The van der Waals surface area contributed by atoms with E-state index in [1.165, 1.54) is 0 Å². The number of sulfone groups is 1. The lowest BCUT2D eigenvalue weighted by Crippen LogP contribution is -2.21. The molecule has 0 saturated heterocycles. The maximum absolute atomic E-state index is 12.1. The molecule has 1 aromatic rings. The van der Waals surface area contributed by atoms with Gasteiger partial charge in [-0.25, -0.2) is 13.4 Å². The first kappa shape index (κ1) is 11.6. The fourth-order valence-corrected chi connectivity index (χ4v) is 3.11. The predicted octanol–water partition coefficient (Wildman–Crippen LogP) is 0.688. The van der Waals surface area contributed by atoms with E-state index in [9.17, 15) is 8.42 Å². The van der Waals surface area contributed by atoms with Crippen molar-refractivity contribution in [2.24, 2.45) is 0 Å². The molecule has 5 nitrogen and oxygen atoms in total. The van der Waals surface area contributed by atoms with Gasteiger partial charge in [0.15, 0.2) is 0 Å². The summed E-state index contributed by atoms with van der Waals surface area (Å²) < 4.78 is 26.0. The van der Waals surface area contributed by atoms with Gasteiger partial charge in [0.25, 0.3) is 0 Å². The molecule has 1 aliphatic rings. The molecule has 90 valence electrons. The monoisotopic (exact) mass is 243 g/mol. The Kier molecular flexibility index (Phi) is 2.79. The summed E-state index contributed by atoms with van der Waals surface area (Å²) in [5.74, 6) is 0. The van der Waals surface area contributed by atoms with Crippen LogP contribution in [0.5, 0.6) is 0 Å². The Hall–Kier alpha value is -0.880. The minimum Gasteiger partial charge on any atom is -0.318 e. The molecule has 0 fully saturated rings. The number of hydrogen-bond donors (Lipinski definition) is 1. The van der Waals surface area contributed by atoms with Crippen molar-refractivity contribution in [3.8, 4) is 0 Å². The molecule has 0 aromatic carbocycles. The fourth-order valence-electron chi connectivity index (χ4n) is 1.90. The molecule has 0 radical (unpaired) electrons. The first-order valence-corrected chi connectivity index (χ1v) is 7.06. The summed E-state index contributed by atoms with van der Waals surface area (Å²) in [5, 5.41) is 2.98. The van der Waals surface area contributed by atoms with Crippen LogP contribution in [0.25, 0.3) is 0 Å². The predicted molar refractivity (Wildman–Crippen MR) is 60.8 cm³/mol. The second-order valence-electron chi connectivity index (χ2n) is 4.23. The fraction of sp³-hybridized carbons (Fsp3) is 0.700. The lowest BCUT2D eigenvalue weighted by molar-refractivity contribution is 0.548. The quantitative estimate of drug-likeness (QED) is 0.848. The van der Waals surface area contributed by atoms with Crippen molar-refractivity contribution in [3.63, 3.8) is 0 Å². The number of nitrogens with zero attached hydrogens (tertiary/aromatic N) is 2. The second-order valence-corrected chi connectivity index (χ2v) is 6.63. The molecule has 0 bridgehead atoms. The van der Waals surface area contributed by atoms with Gasteiger partial charge in [-0.05, 0) is 20.8 Å². The van der Waals surface area contributed by atoms with Gasteiger partial charge in [-0.15, -0.1) is 0 Å². The van der Waals surface area contributed by atoms with Crippen molar-refractivity contribution in [1.29, 1.82) is 0 Å². The van der Waals surface area contributed by atoms with Gasteiger partial charge in [0.05, 0.1) is 16.6 Å². The number of fused-ring (bicyclic) bond motifs is 1. The Morgan fingerprint density at radius 1 is 1.44 bits per heavy atom. The Bertz CT molecular complexity index is 502. The molecular formula is C10H17N3O2S. The van der Waals surface area contributed by atoms with Crippen molar-refractivity contribution in [2.45, 2.75) is 50.8 Å². The van der Waals surface area contributed by atoms with Crippen LogP contribution in [0.2, 0.25) is 0 Å². The Balaban J connectivity index is 2.59.